The van der Waals surface area contributed by atoms with Gasteiger partial charge in [0.2, 0.25) is 0 Å². The summed E-state index contributed by atoms with van der Waals surface area (Å²) in [4.78, 5) is 0. The Balaban J connectivity index is 2.12. The van der Waals surface area contributed by atoms with Crippen molar-refractivity contribution in [3.8, 4) is 5.75 Å². The first-order valence-electron chi connectivity index (χ1n) is 5.60. The van der Waals surface area contributed by atoms with Crippen LogP contribution in [0.1, 0.15) is 17.4 Å². The van der Waals surface area contributed by atoms with Crippen molar-refractivity contribution in [2.45, 2.75) is 12.5 Å². The second kappa shape index (κ2) is 5.18. The van der Waals surface area contributed by atoms with E-state index in [-0.39, 0.29) is 5.75 Å². The minimum absolute atomic E-state index is 0.200. The zero-order valence-electron chi connectivity index (χ0n) is 10.3. The quantitative estimate of drug-likeness (QED) is 0.900. The number of ether oxygens (including phenoxy) is 1. The summed E-state index contributed by atoms with van der Waals surface area (Å²) in [5, 5.41) is 14.1. The van der Waals surface area contributed by atoms with E-state index in [9.17, 15) is 9.50 Å². The van der Waals surface area contributed by atoms with Gasteiger partial charge in [0.05, 0.1) is 12.8 Å². The molecule has 0 aliphatic heterocycles. The van der Waals surface area contributed by atoms with Crippen LogP contribution in [0.3, 0.4) is 0 Å². The number of aromatic nitrogens is 2. The van der Waals surface area contributed by atoms with Gasteiger partial charge >= 0.3 is 0 Å². The van der Waals surface area contributed by atoms with Crippen LogP contribution in [0.5, 0.6) is 5.75 Å². The smallest absolute Gasteiger partial charge is 0.165 e. The minimum Gasteiger partial charge on any atom is -0.494 e. The molecule has 1 aromatic heterocycles. The fourth-order valence-electron chi connectivity index (χ4n) is 1.78. The second-order valence-electron chi connectivity index (χ2n) is 4.10. The lowest BCUT2D eigenvalue weighted by atomic mass is 10.1. The normalized spacial score (nSPS) is 12.4. The van der Waals surface area contributed by atoms with Gasteiger partial charge in [0.1, 0.15) is 6.10 Å². The largest absolute Gasteiger partial charge is 0.494 e. The molecule has 18 heavy (non-hydrogen) atoms. The molecule has 1 N–H and O–H groups in total. The molecule has 0 aliphatic carbocycles. The molecule has 0 amide bonds. The van der Waals surface area contributed by atoms with Crippen molar-refractivity contribution >= 4 is 0 Å². The molecule has 0 saturated heterocycles. The first-order chi connectivity index (χ1) is 8.60. The summed E-state index contributed by atoms with van der Waals surface area (Å²) in [6, 6.07) is 6.39. The molecule has 0 fully saturated rings. The predicted molar refractivity (Wildman–Crippen MR) is 64.8 cm³/mol. The van der Waals surface area contributed by atoms with Crippen molar-refractivity contribution < 1.29 is 14.2 Å². The summed E-state index contributed by atoms with van der Waals surface area (Å²) in [7, 11) is 3.20. The van der Waals surface area contributed by atoms with Crippen LogP contribution in [-0.2, 0) is 13.5 Å². The van der Waals surface area contributed by atoms with Crippen LogP contribution in [0.25, 0.3) is 0 Å². The Hall–Kier alpha value is -1.88. The Morgan fingerprint density at radius 2 is 2.22 bits per heavy atom. The van der Waals surface area contributed by atoms with Gasteiger partial charge in [-0.05, 0) is 23.8 Å². The Labute approximate surface area is 105 Å². The summed E-state index contributed by atoms with van der Waals surface area (Å²) in [5.41, 5.74) is 1.28. The number of hydrogen-bond donors (Lipinski definition) is 1. The minimum atomic E-state index is -0.737. The Morgan fingerprint density at radius 3 is 2.78 bits per heavy atom. The van der Waals surface area contributed by atoms with Gasteiger partial charge in [0, 0.05) is 19.7 Å². The van der Waals surface area contributed by atoms with E-state index >= 15 is 0 Å². The van der Waals surface area contributed by atoms with Gasteiger partial charge in [-0.3, -0.25) is 4.68 Å². The van der Waals surface area contributed by atoms with Crippen LogP contribution in [-0.4, -0.2) is 22.0 Å². The molecule has 0 radical (unpaired) electrons. The zero-order valence-corrected chi connectivity index (χ0v) is 10.3. The SMILES string of the molecule is COc1ccc(CC(O)c2ccn(C)n2)cc1F. The maximum absolute atomic E-state index is 13.5. The molecule has 5 heteroatoms. The second-order valence-corrected chi connectivity index (χ2v) is 4.10. The summed E-state index contributed by atoms with van der Waals surface area (Å²) < 4.78 is 19.9. The summed E-state index contributed by atoms with van der Waals surface area (Å²) in [5.74, 6) is -0.228. The molecule has 96 valence electrons. The molecule has 1 atom stereocenters. The molecule has 4 nitrogen and oxygen atoms in total. The molecule has 2 aromatic rings. The van der Waals surface area contributed by atoms with E-state index in [1.54, 1.807) is 36.1 Å². The van der Waals surface area contributed by atoms with Crippen molar-refractivity contribution in [2.75, 3.05) is 7.11 Å². The number of aliphatic hydroxyl groups excluding tert-OH is 1. The van der Waals surface area contributed by atoms with Crippen molar-refractivity contribution in [2.24, 2.45) is 7.05 Å². The predicted octanol–water partition coefficient (Wildman–Crippen LogP) is 1.84. The standard InChI is InChI=1S/C13H15FN2O2/c1-16-6-5-11(15-16)12(17)8-9-3-4-13(18-2)10(14)7-9/h3-7,12,17H,8H2,1-2H3. The van der Waals surface area contributed by atoms with Crippen LogP contribution >= 0.6 is 0 Å². The fraction of sp³-hybridized carbons (Fsp3) is 0.308. The fourth-order valence-corrected chi connectivity index (χ4v) is 1.78. The lowest BCUT2D eigenvalue weighted by molar-refractivity contribution is 0.172. The molecule has 0 aliphatic rings. The number of hydrogen-bond acceptors (Lipinski definition) is 3. The number of aliphatic hydroxyl groups is 1. The van der Waals surface area contributed by atoms with Crippen molar-refractivity contribution in [1.82, 2.24) is 9.78 Å². The van der Waals surface area contributed by atoms with Gasteiger partial charge in [-0.1, -0.05) is 6.07 Å². The number of benzene rings is 1. The highest BCUT2D eigenvalue weighted by Crippen LogP contribution is 2.21. The van der Waals surface area contributed by atoms with E-state index in [0.29, 0.717) is 17.7 Å². The first-order valence-corrected chi connectivity index (χ1v) is 5.60. The third kappa shape index (κ3) is 2.68. The van der Waals surface area contributed by atoms with Gasteiger partial charge in [-0.15, -0.1) is 0 Å². The molecule has 0 saturated carbocycles. The van der Waals surface area contributed by atoms with Crippen LogP contribution in [0, 0.1) is 5.82 Å². The van der Waals surface area contributed by atoms with Crippen molar-refractivity contribution in [3.05, 3.63) is 47.5 Å². The number of aryl methyl sites for hydroxylation is 1. The first kappa shape index (κ1) is 12.6. The molecule has 0 spiro atoms. The number of methoxy groups -OCH3 is 1. The maximum atomic E-state index is 13.5. The molecule has 1 unspecified atom stereocenters. The topological polar surface area (TPSA) is 47.3 Å². The van der Waals surface area contributed by atoms with E-state index in [2.05, 4.69) is 5.10 Å². The monoisotopic (exact) mass is 250 g/mol. The summed E-state index contributed by atoms with van der Waals surface area (Å²) in [6.45, 7) is 0. The maximum Gasteiger partial charge on any atom is 0.165 e. The number of rotatable bonds is 4. The van der Waals surface area contributed by atoms with E-state index in [1.807, 2.05) is 0 Å². The van der Waals surface area contributed by atoms with Crippen LogP contribution in [0.4, 0.5) is 4.39 Å². The Bertz CT molecular complexity index is 540. The zero-order chi connectivity index (χ0) is 13.1. The van der Waals surface area contributed by atoms with Gasteiger partial charge < -0.3 is 9.84 Å². The van der Waals surface area contributed by atoms with Gasteiger partial charge in [-0.25, -0.2) is 4.39 Å². The van der Waals surface area contributed by atoms with E-state index < -0.39 is 11.9 Å². The van der Waals surface area contributed by atoms with Gasteiger partial charge in [0.15, 0.2) is 11.6 Å². The third-order valence-corrected chi connectivity index (χ3v) is 2.72. The highest BCUT2D eigenvalue weighted by molar-refractivity contribution is 5.30. The third-order valence-electron chi connectivity index (χ3n) is 2.72. The van der Waals surface area contributed by atoms with E-state index in [4.69, 9.17) is 4.74 Å². The van der Waals surface area contributed by atoms with Crippen molar-refractivity contribution in [3.63, 3.8) is 0 Å². The molecular formula is C13H15FN2O2. The number of nitrogens with zero attached hydrogens (tertiary/aromatic N) is 2. The number of halogens is 1. The Morgan fingerprint density at radius 1 is 1.44 bits per heavy atom. The van der Waals surface area contributed by atoms with Crippen molar-refractivity contribution in [1.29, 1.82) is 0 Å². The van der Waals surface area contributed by atoms with Gasteiger partial charge in [0.25, 0.3) is 0 Å². The summed E-state index contributed by atoms with van der Waals surface area (Å²) in [6.07, 6.45) is 1.34. The van der Waals surface area contributed by atoms with Crippen LogP contribution < -0.4 is 4.74 Å². The Kier molecular flexibility index (Phi) is 3.62. The average Bonchev–Trinajstić information content (AvgIpc) is 2.76. The molecule has 0 bridgehead atoms. The summed E-state index contributed by atoms with van der Waals surface area (Å²) >= 11 is 0. The lowest BCUT2D eigenvalue weighted by Crippen LogP contribution is -2.04. The molecule has 1 heterocycles. The van der Waals surface area contributed by atoms with Crippen LogP contribution in [0.15, 0.2) is 30.5 Å². The highest BCUT2D eigenvalue weighted by atomic mass is 19.1. The van der Waals surface area contributed by atoms with E-state index in [0.717, 1.165) is 0 Å². The molecule has 2 rings (SSSR count). The van der Waals surface area contributed by atoms with Crippen LogP contribution in [0.2, 0.25) is 0 Å². The average molecular weight is 250 g/mol. The highest BCUT2D eigenvalue weighted by Gasteiger charge is 2.12. The van der Waals surface area contributed by atoms with E-state index in [1.165, 1.54) is 13.2 Å². The molecule has 1 aromatic carbocycles. The molecular weight excluding hydrogens is 235 g/mol. The van der Waals surface area contributed by atoms with Gasteiger partial charge in [-0.2, -0.15) is 5.10 Å². The lowest BCUT2D eigenvalue weighted by Gasteiger charge is -2.09.